The number of aromatic nitrogens is 1. The van der Waals surface area contributed by atoms with Crippen LogP contribution >= 0.6 is 0 Å². The van der Waals surface area contributed by atoms with Crippen LogP contribution < -0.4 is 10.9 Å². The van der Waals surface area contributed by atoms with Gasteiger partial charge in [0.1, 0.15) is 11.6 Å². The fourth-order valence-corrected chi connectivity index (χ4v) is 2.84. The number of amides is 1. The summed E-state index contributed by atoms with van der Waals surface area (Å²) in [7, 11) is 0. The molecule has 1 atom stereocenters. The van der Waals surface area contributed by atoms with E-state index in [0.717, 1.165) is 11.1 Å². The minimum Gasteiger partial charge on any atom is -0.453 e. The highest BCUT2D eigenvalue weighted by Crippen LogP contribution is 2.16. The van der Waals surface area contributed by atoms with Crippen LogP contribution in [-0.4, -0.2) is 23.0 Å². The van der Waals surface area contributed by atoms with E-state index < -0.39 is 23.5 Å². The third-order valence-electron chi connectivity index (χ3n) is 4.50. The van der Waals surface area contributed by atoms with Crippen LogP contribution in [0.25, 0.3) is 0 Å². The minimum absolute atomic E-state index is 0.0285. The highest BCUT2D eigenvalue weighted by Gasteiger charge is 2.19. The molecule has 0 aliphatic heterocycles. The van der Waals surface area contributed by atoms with E-state index in [2.05, 4.69) is 10.3 Å². The Morgan fingerprint density at radius 1 is 1.21 bits per heavy atom. The lowest BCUT2D eigenvalue weighted by Crippen LogP contribution is -2.30. The molecule has 0 radical (unpaired) electrons. The van der Waals surface area contributed by atoms with Crippen molar-refractivity contribution >= 4 is 17.6 Å². The van der Waals surface area contributed by atoms with Gasteiger partial charge in [-0.1, -0.05) is 17.7 Å². The fraction of sp³-hybridized carbons (Fsp3) is 0.333. The number of carbonyl (C=O) groups is 2. The van der Waals surface area contributed by atoms with Gasteiger partial charge in [0.05, 0.1) is 0 Å². The van der Waals surface area contributed by atoms with E-state index in [9.17, 15) is 14.4 Å². The van der Waals surface area contributed by atoms with Crippen LogP contribution in [0.5, 0.6) is 0 Å². The van der Waals surface area contributed by atoms with Crippen molar-refractivity contribution < 1.29 is 14.3 Å². The van der Waals surface area contributed by atoms with Crippen molar-refractivity contribution in [2.24, 2.45) is 0 Å². The summed E-state index contributed by atoms with van der Waals surface area (Å²) >= 11 is 0. The number of aromatic amines is 1. The van der Waals surface area contributed by atoms with E-state index in [-0.39, 0.29) is 12.0 Å². The zero-order chi connectivity index (χ0) is 20.8. The molecule has 1 aromatic carbocycles. The lowest BCUT2D eigenvalue weighted by atomic mass is 9.99. The number of hydrogen-bond donors (Lipinski definition) is 2. The Morgan fingerprint density at radius 3 is 2.46 bits per heavy atom. The Kier molecular flexibility index (Phi) is 6.72. The first-order valence-electron chi connectivity index (χ1n) is 8.92. The Hall–Kier alpha value is -3.40. The average molecular weight is 381 g/mol. The number of nitrogens with zero attached hydrogens (tertiary/aromatic N) is 1. The summed E-state index contributed by atoms with van der Waals surface area (Å²) in [6.07, 6.45) is -0.615. The fourth-order valence-electron chi connectivity index (χ4n) is 2.84. The number of H-pyrrole nitrogens is 1. The Morgan fingerprint density at radius 2 is 1.86 bits per heavy atom. The quantitative estimate of drug-likeness (QED) is 0.747. The Balaban J connectivity index is 1.95. The number of carbonyl (C=O) groups excluding carboxylic acids is 2. The molecule has 1 heterocycles. The Bertz CT molecular complexity index is 984. The van der Waals surface area contributed by atoms with Crippen LogP contribution in [-0.2, 0) is 20.7 Å². The molecule has 0 spiro atoms. The van der Waals surface area contributed by atoms with Crippen molar-refractivity contribution in [3.05, 3.63) is 62.6 Å². The Labute approximate surface area is 163 Å². The number of pyridine rings is 1. The maximum atomic E-state index is 12.2. The predicted molar refractivity (Wildman–Crippen MR) is 105 cm³/mol. The molecular formula is C21H23N3O4. The molecule has 2 rings (SSSR count). The van der Waals surface area contributed by atoms with Crippen molar-refractivity contribution in [2.45, 2.75) is 46.6 Å². The minimum atomic E-state index is -0.943. The molecule has 0 unspecified atom stereocenters. The molecule has 2 aromatic rings. The summed E-state index contributed by atoms with van der Waals surface area (Å²) < 4.78 is 5.20. The molecule has 7 nitrogen and oxygen atoms in total. The van der Waals surface area contributed by atoms with Crippen molar-refractivity contribution in [3.63, 3.8) is 0 Å². The molecule has 2 N–H and O–H groups in total. The second kappa shape index (κ2) is 9.00. The molecular weight excluding hydrogens is 358 g/mol. The van der Waals surface area contributed by atoms with Gasteiger partial charge in [-0.2, -0.15) is 5.26 Å². The summed E-state index contributed by atoms with van der Waals surface area (Å²) in [5.41, 5.74) is 3.20. The van der Waals surface area contributed by atoms with Crippen LogP contribution in [0, 0.1) is 32.1 Å². The smallest absolute Gasteiger partial charge is 0.306 e. The predicted octanol–water partition coefficient (Wildman–Crippen LogP) is 2.67. The molecule has 7 heteroatoms. The SMILES string of the molecule is Cc1ccc(NC(=O)[C@H](C)OC(=O)CCc2c(C)[nH]c(=O)c(C#N)c2C)cc1. The second-order valence-electron chi connectivity index (χ2n) is 6.66. The number of anilines is 1. The van der Waals surface area contributed by atoms with Crippen molar-refractivity contribution in [1.82, 2.24) is 4.98 Å². The van der Waals surface area contributed by atoms with Gasteiger partial charge in [-0.05, 0) is 57.4 Å². The van der Waals surface area contributed by atoms with Crippen LogP contribution in [0.2, 0.25) is 0 Å². The van der Waals surface area contributed by atoms with Crippen molar-refractivity contribution in [1.29, 1.82) is 5.26 Å². The lowest BCUT2D eigenvalue weighted by Gasteiger charge is -2.14. The summed E-state index contributed by atoms with van der Waals surface area (Å²) in [6.45, 7) is 6.85. The molecule has 0 aliphatic rings. The number of benzene rings is 1. The third-order valence-corrected chi connectivity index (χ3v) is 4.50. The summed E-state index contributed by atoms with van der Waals surface area (Å²) in [5, 5.41) is 11.8. The number of hydrogen-bond acceptors (Lipinski definition) is 5. The first-order valence-corrected chi connectivity index (χ1v) is 8.92. The van der Waals surface area contributed by atoms with Gasteiger partial charge < -0.3 is 15.0 Å². The molecule has 1 amide bonds. The maximum Gasteiger partial charge on any atom is 0.306 e. The molecule has 0 fully saturated rings. The zero-order valence-electron chi connectivity index (χ0n) is 16.4. The van der Waals surface area contributed by atoms with Gasteiger partial charge in [0.2, 0.25) is 0 Å². The topological polar surface area (TPSA) is 112 Å². The zero-order valence-corrected chi connectivity index (χ0v) is 16.4. The number of esters is 1. The summed E-state index contributed by atoms with van der Waals surface area (Å²) in [5.74, 6) is -0.949. The molecule has 0 saturated heterocycles. The number of nitriles is 1. The van der Waals surface area contributed by atoms with Gasteiger partial charge in [-0.15, -0.1) is 0 Å². The van der Waals surface area contributed by atoms with Crippen molar-refractivity contribution in [2.75, 3.05) is 5.32 Å². The number of rotatable bonds is 6. The second-order valence-corrected chi connectivity index (χ2v) is 6.66. The maximum absolute atomic E-state index is 12.2. The van der Waals surface area contributed by atoms with Crippen LogP contribution in [0.4, 0.5) is 5.69 Å². The van der Waals surface area contributed by atoms with Gasteiger partial charge in [-0.25, -0.2) is 0 Å². The standard InChI is InChI=1S/C21H23N3O4/c1-12-5-7-16(8-6-12)24-20(26)15(4)28-19(25)10-9-17-13(2)18(11-22)21(27)23-14(17)3/h5-8,15H,9-10H2,1-4H3,(H,23,27)(H,24,26)/t15-/m0/s1. The van der Waals surface area contributed by atoms with Gasteiger partial charge in [0.25, 0.3) is 11.5 Å². The van der Waals surface area contributed by atoms with E-state index in [1.807, 2.05) is 25.1 Å². The molecule has 28 heavy (non-hydrogen) atoms. The van der Waals surface area contributed by atoms with E-state index in [1.165, 1.54) is 6.92 Å². The van der Waals surface area contributed by atoms with E-state index in [4.69, 9.17) is 10.00 Å². The van der Waals surface area contributed by atoms with Gasteiger partial charge in [-0.3, -0.25) is 14.4 Å². The molecule has 0 aliphatic carbocycles. The molecule has 146 valence electrons. The number of aryl methyl sites for hydroxylation is 2. The monoisotopic (exact) mass is 381 g/mol. The lowest BCUT2D eigenvalue weighted by molar-refractivity contribution is -0.153. The first kappa shape index (κ1) is 20.9. The van der Waals surface area contributed by atoms with Crippen LogP contribution in [0.3, 0.4) is 0 Å². The van der Waals surface area contributed by atoms with Gasteiger partial charge in [0, 0.05) is 17.8 Å². The van der Waals surface area contributed by atoms with Gasteiger partial charge in [0.15, 0.2) is 6.10 Å². The average Bonchev–Trinajstić information content (AvgIpc) is 2.63. The van der Waals surface area contributed by atoms with E-state index in [1.54, 1.807) is 26.0 Å². The number of nitrogens with one attached hydrogen (secondary N) is 2. The molecule has 1 aromatic heterocycles. The van der Waals surface area contributed by atoms with Crippen LogP contribution in [0.15, 0.2) is 29.1 Å². The first-order chi connectivity index (χ1) is 13.2. The van der Waals surface area contributed by atoms with E-state index in [0.29, 0.717) is 23.4 Å². The third kappa shape index (κ3) is 5.07. The summed E-state index contributed by atoms with van der Waals surface area (Å²) in [6, 6.07) is 9.17. The normalized spacial score (nSPS) is 11.4. The van der Waals surface area contributed by atoms with Gasteiger partial charge >= 0.3 is 5.97 Å². The molecule has 0 bridgehead atoms. The van der Waals surface area contributed by atoms with Crippen LogP contribution in [0.1, 0.15) is 41.3 Å². The number of ether oxygens (including phenoxy) is 1. The largest absolute Gasteiger partial charge is 0.453 e. The van der Waals surface area contributed by atoms with Crippen molar-refractivity contribution in [3.8, 4) is 6.07 Å². The summed E-state index contributed by atoms with van der Waals surface area (Å²) in [4.78, 5) is 38.7. The highest BCUT2D eigenvalue weighted by molar-refractivity contribution is 5.95. The molecule has 0 saturated carbocycles. The highest BCUT2D eigenvalue weighted by atomic mass is 16.5. The van der Waals surface area contributed by atoms with E-state index >= 15 is 0 Å².